The van der Waals surface area contributed by atoms with Gasteiger partial charge in [-0.05, 0) is 42.0 Å². The quantitative estimate of drug-likeness (QED) is 0.404. The largest absolute Gasteiger partial charge is 0.497 e. The highest BCUT2D eigenvalue weighted by Crippen LogP contribution is 2.20. The molecule has 0 aliphatic heterocycles. The van der Waals surface area contributed by atoms with Crippen LogP contribution >= 0.6 is 11.8 Å². The molecule has 3 aromatic rings. The summed E-state index contributed by atoms with van der Waals surface area (Å²) in [6.07, 6.45) is 1.47. The van der Waals surface area contributed by atoms with Gasteiger partial charge < -0.3 is 25.0 Å². The maximum absolute atomic E-state index is 13.0. The fourth-order valence-electron chi connectivity index (χ4n) is 2.81. The minimum atomic E-state index is -0.344. The summed E-state index contributed by atoms with van der Waals surface area (Å²) in [7, 11) is 1.57. The molecular formula is C22H23FN4O4S. The zero-order valence-electron chi connectivity index (χ0n) is 17.4. The van der Waals surface area contributed by atoms with Gasteiger partial charge >= 0.3 is 0 Å². The molecule has 2 aromatic carbocycles. The van der Waals surface area contributed by atoms with Crippen molar-refractivity contribution >= 4 is 29.3 Å². The fourth-order valence-corrected chi connectivity index (χ4v) is 3.60. The highest BCUT2D eigenvalue weighted by Gasteiger charge is 2.15. The van der Waals surface area contributed by atoms with Crippen molar-refractivity contribution < 1.29 is 23.8 Å². The molecule has 0 saturated heterocycles. The Labute approximate surface area is 188 Å². The van der Waals surface area contributed by atoms with Gasteiger partial charge in [0.05, 0.1) is 31.4 Å². The van der Waals surface area contributed by atoms with E-state index in [1.54, 1.807) is 48.1 Å². The summed E-state index contributed by atoms with van der Waals surface area (Å²) in [6, 6.07) is 12.8. The normalized spacial score (nSPS) is 10.6. The van der Waals surface area contributed by atoms with Crippen LogP contribution in [0.3, 0.4) is 0 Å². The first-order valence-electron chi connectivity index (χ1n) is 9.71. The molecule has 0 aliphatic rings. The molecule has 0 bridgehead atoms. The Morgan fingerprint density at radius 1 is 1.12 bits per heavy atom. The van der Waals surface area contributed by atoms with E-state index in [2.05, 4.69) is 15.6 Å². The minimum absolute atomic E-state index is 0.0699. The van der Waals surface area contributed by atoms with Gasteiger partial charge in [0.1, 0.15) is 18.1 Å². The van der Waals surface area contributed by atoms with Crippen molar-refractivity contribution in [2.24, 2.45) is 0 Å². The topological polar surface area (TPSA) is 105 Å². The first-order chi connectivity index (χ1) is 15.5. The number of anilines is 1. The Hall–Kier alpha value is -3.37. The molecule has 168 valence electrons. The van der Waals surface area contributed by atoms with E-state index in [1.807, 2.05) is 0 Å². The van der Waals surface area contributed by atoms with Crippen LogP contribution in [-0.4, -0.2) is 39.3 Å². The summed E-state index contributed by atoms with van der Waals surface area (Å²) in [6.45, 7) is -0.120. The molecule has 8 nitrogen and oxygen atoms in total. The van der Waals surface area contributed by atoms with Crippen molar-refractivity contribution in [3.05, 3.63) is 71.8 Å². The Balaban J connectivity index is 1.55. The van der Waals surface area contributed by atoms with Crippen LogP contribution in [0.5, 0.6) is 5.75 Å². The van der Waals surface area contributed by atoms with Gasteiger partial charge in [0, 0.05) is 12.2 Å². The van der Waals surface area contributed by atoms with Crippen LogP contribution in [0.1, 0.15) is 11.3 Å². The first-order valence-corrected chi connectivity index (χ1v) is 10.7. The number of aliphatic hydroxyl groups is 1. The Kier molecular flexibility index (Phi) is 8.23. The van der Waals surface area contributed by atoms with Gasteiger partial charge in [-0.15, -0.1) is 0 Å². The zero-order chi connectivity index (χ0) is 22.9. The molecule has 0 spiro atoms. The number of amides is 2. The highest BCUT2D eigenvalue weighted by molar-refractivity contribution is 7.99. The Morgan fingerprint density at radius 3 is 2.50 bits per heavy atom. The van der Waals surface area contributed by atoms with E-state index in [4.69, 9.17) is 4.74 Å². The van der Waals surface area contributed by atoms with Gasteiger partial charge in [0.25, 0.3) is 0 Å². The molecule has 10 heteroatoms. The average Bonchev–Trinajstić information content (AvgIpc) is 3.19. The Bertz CT molecular complexity index is 1050. The fraction of sp³-hybridized carbons (Fsp3) is 0.227. The lowest BCUT2D eigenvalue weighted by molar-refractivity contribution is -0.122. The average molecular weight is 459 g/mol. The van der Waals surface area contributed by atoms with Gasteiger partial charge in [-0.2, -0.15) is 0 Å². The standard InChI is InChI=1S/C22H23FN4O4S/c1-31-19-8-6-17(7-9-19)26-21(30)14-32-22-25-11-18(13-28)27(22)12-20(29)24-10-15-2-4-16(23)5-3-15/h2-9,11,28H,10,12-14H2,1H3,(H,24,29)(H,26,30). The Morgan fingerprint density at radius 2 is 1.84 bits per heavy atom. The predicted octanol–water partition coefficient (Wildman–Crippen LogP) is 2.57. The number of carbonyl (C=O) groups excluding carboxylic acids is 2. The van der Waals surface area contributed by atoms with Crippen molar-refractivity contribution in [3.8, 4) is 5.75 Å². The van der Waals surface area contributed by atoms with E-state index < -0.39 is 0 Å². The molecule has 2 amide bonds. The molecule has 0 aliphatic carbocycles. The van der Waals surface area contributed by atoms with Gasteiger partial charge in [-0.1, -0.05) is 23.9 Å². The molecule has 32 heavy (non-hydrogen) atoms. The first kappa shape index (κ1) is 23.3. The third-order valence-corrected chi connectivity index (χ3v) is 5.46. The molecule has 3 N–H and O–H groups in total. The van der Waals surface area contributed by atoms with E-state index in [9.17, 15) is 19.1 Å². The number of ether oxygens (including phenoxy) is 1. The molecule has 3 rings (SSSR count). The summed E-state index contributed by atoms with van der Waals surface area (Å²) in [5.41, 5.74) is 1.86. The number of hydrogen-bond donors (Lipinski definition) is 3. The number of rotatable bonds is 10. The minimum Gasteiger partial charge on any atom is -0.497 e. The summed E-state index contributed by atoms with van der Waals surface area (Å²) < 4.78 is 19.6. The SMILES string of the molecule is COc1ccc(NC(=O)CSc2ncc(CO)n2CC(=O)NCc2ccc(F)cc2)cc1. The number of halogens is 1. The number of nitrogens with one attached hydrogen (secondary N) is 2. The van der Waals surface area contributed by atoms with Crippen LogP contribution in [0.15, 0.2) is 59.9 Å². The lowest BCUT2D eigenvalue weighted by Gasteiger charge is -2.11. The van der Waals surface area contributed by atoms with E-state index in [0.717, 1.165) is 17.3 Å². The number of aliphatic hydroxyl groups excluding tert-OH is 1. The second-order valence-corrected chi connectivity index (χ2v) is 7.69. The van der Waals surface area contributed by atoms with Crippen LogP contribution < -0.4 is 15.4 Å². The molecule has 1 aromatic heterocycles. The number of benzene rings is 2. The number of methoxy groups -OCH3 is 1. The monoisotopic (exact) mass is 458 g/mol. The van der Waals surface area contributed by atoms with Gasteiger partial charge in [-0.3, -0.25) is 9.59 Å². The van der Waals surface area contributed by atoms with Crippen LogP contribution in [0.2, 0.25) is 0 Å². The maximum atomic E-state index is 13.0. The van der Waals surface area contributed by atoms with Crippen molar-refractivity contribution in [2.45, 2.75) is 24.9 Å². The van der Waals surface area contributed by atoms with Gasteiger partial charge in [0.2, 0.25) is 11.8 Å². The second-order valence-electron chi connectivity index (χ2n) is 6.74. The van der Waals surface area contributed by atoms with Crippen molar-refractivity contribution in [1.29, 1.82) is 0 Å². The van der Waals surface area contributed by atoms with Gasteiger partial charge in [-0.25, -0.2) is 9.37 Å². The van der Waals surface area contributed by atoms with E-state index >= 15 is 0 Å². The second kappa shape index (κ2) is 11.3. The molecule has 0 radical (unpaired) electrons. The number of carbonyl (C=O) groups is 2. The number of thioether (sulfide) groups is 1. The summed E-state index contributed by atoms with van der Waals surface area (Å²) in [5.74, 6) is -0.115. The molecule has 0 fully saturated rings. The summed E-state index contributed by atoms with van der Waals surface area (Å²) in [4.78, 5) is 28.9. The maximum Gasteiger partial charge on any atom is 0.240 e. The van der Waals surface area contributed by atoms with E-state index in [0.29, 0.717) is 22.3 Å². The number of imidazole rings is 1. The molecule has 0 atom stereocenters. The molecule has 0 saturated carbocycles. The predicted molar refractivity (Wildman–Crippen MR) is 119 cm³/mol. The molecule has 1 heterocycles. The van der Waals surface area contributed by atoms with E-state index in [1.165, 1.54) is 18.3 Å². The van der Waals surface area contributed by atoms with Crippen molar-refractivity contribution in [3.63, 3.8) is 0 Å². The summed E-state index contributed by atoms with van der Waals surface area (Å²) in [5, 5.41) is 15.5. The zero-order valence-corrected chi connectivity index (χ0v) is 18.2. The molecular weight excluding hydrogens is 435 g/mol. The number of aromatic nitrogens is 2. The highest BCUT2D eigenvalue weighted by atomic mass is 32.2. The molecule has 0 unspecified atom stereocenters. The third kappa shape index (κ3) is 6.56. The number of nitrogens with zero attached hydrogens (tertiary/aromatic N) is 2. The number of hydrogen-bond acceptors (Lipinski definition) is 6. The van der Waals surface area contributed by atoms with Crippen LogP contribution in [0, 0.1) is 5.82 Å². The summed E-state index contributed by atoms with van der Waals surface area (Å²) >= 11 is 1.16. The van der Waals surface area contributed by atoms with Crippen molar-refractivity contribution in [2.75, 3.05) is 18.2 Å². The lowest BCUT2D eigenvalue weighted by atomic mass is 10.2. The van der Waals surface area contributed by atoms with Gasteiger partial charge in [0.15, 0.2) is 5.16 Å². The van der Waals surface area contributed by atoms with Crippen LogP contribution in [0.25, 0.3) is 0 Å². The van der Waals surface area contributed by atoms with Crippen LogP contribution in [-0.2, 0) is 29.3 Å². The van der Waals surface area contributed by atoms with Crippen LogP contribution in [0.4, 0.5) is 10.1 Å². The third-order valence-electron chi connectivity index (χ3n) is 4.47. The van der Waals surface area contributed by atoms with E-state index in [-0.39, 0.29) is 43.1 Å². The lowest BCUT2D eigenvalue weighted by Crippen LogP contribution is -2.28. The smallest absolute Gasteiger partial charge is 0.240 e. The van der Waals surface area contributed by atoms with Crippen molar-refractivity contribution in [1.82, 2.24) is 14.9 Å².